The number of rotatable bonds is 5. The molecule has 0 aliphatic carbocycles. The highest BCUT2D eigenvalue weighted by molar-refractivity contribution is 6.05. The quantitative estimate of drug-likeness (QED) is 0.866. The van der Waals surface area contributed by atoms with Crippen molar-refractivity contribution < 1.29 is 14.3 Å². The lowest BCUT2D eigenvalue weighted by Crippen LogP contribution is -2.32. The summed E-state index contributed by atoms with van der Waals surface area (Å²) >= 11 is 0. The van der Waals surface area contributed by atoms with Crippen molar-refractivity contribution in [1.29, 1.82) is 0 Å². The monoisotopic (exact) mass is 353 g/mol. The number of pyridine rings is 1. The molecule has 2 amide bonds. The van der Waals surface area contributed by atoms with E-state index >= 15 is 0 Å². The zero-order chi connectivity index (χ0) is 18.5. The van der Waals surface area contributed by atoms with Gasteiger partial charge in [-0.05, 0) is 56.0 Å². The van der Waals surface area contributed by atoms with Crippen molar-refractivity contribution in [2.24, 2.45) is 0 Å². The van der Waals surface area contributed by atoms with Gasteiger partial charge in [-0.1, -0.05) is 12.1 Å². The molecule has 2 heterocycles. The Morgan fingerprint density at radius 3 is 2.85 bits per heavy atom. The van der Waals surface area contributed by atoms with E-state index in [1.807, 2.05) is 32.0 Å². The molecular weight excluding hydrogens is 330 g/mol. The predicted octanol–water partition coefficient (Wildman–Crippen LogP) is 2.86. The average Bonchev–Trinajstić information content (AvgIpc) is 3.17. The molecule has 1 unspecified atom stereocenters. The van der Waals surface area contributed by atoms with Crippen LogP contribution in [0.2, 0.25) is 0 Å². The molecule has 0 spiro atoms. The molecule has 1 aliphatic rings. The van der Waals surface area contributed by atoms with E-state index in [4.69, 9.17) is 4.74 Å². The summed E-state index contributed by atoms with van der Waals surface area (Å²) in [4.78, 5) is 28.9. The van der Waals surface area contributed by atoms with Crippen LogP contribution < -0.4 is 10.6 Å². The Kier molecular flexibility index (Phi) is 5.63. The fraction of sp³-hybridized carbons (Fsp3) is 0.350. The number of amides is 2. The average molecular weight is 353 g/mol. The van der Waals surface area contributed by atoms with Crippen molar-refractivity contribution in [3.8, 4) is 0 Å². The zero-order valence-corrected chi connectivity index (χ0v) is 15.0. The lowest BCUT2D eigenvalue weighted by Gasteiger charge is -2.12. The molecule has 0 saturated carbocycles. The zero-order valence-electron chi connectivity index (χ0n) is 15.0. The highest BCUT2D eigenvalue weighted by atomic mass is 16.5. The third kappa shape index (κ3) is 4.26. The number of carbonyl (C=O) groups excluding carboxylic acids is 2. The molecule has 1 atom stereocenters. The van der Waals surface area contributed by atoms with Gasteiger partial charge in [-0.25, -0.2) is 0 Å². The van der Waals surface area contributed by atoms with E-state index in [2.05, 4.69) is 15.6 Å². The molecule has 2 aromatic rings. The molecule has 2 N–H and O–H groups in total. The summed E-state index contributed by atoms with van der Waals surface area (Å²) < 4.78 is 5.50. The van der Waals surface area contributed by atoms with Crippen LogP contribution in [0.4, 0.5) is 5.69 Å². The van der Waals surface area contributed by atoms with E-state index < -0.39 is 0 Å². The normalized spacial score (nSPS) is 16.3. The largest absolute Gasteiger partial charge is 0.376 e. The van der Waals surface area contributed by atoms with Crippen molar-refractivity contribution in [1.82, 2.24) is 10.3 Å². The van der Waals surface area contributed by atoms with Gasteiger partial charge in [-0.3, -0.25) is 14.6 Å². The second-order valence-electron chi connectivity index (χ2n) is 6.48. The van der Waals surface area contributed by atoms with Crippen LogP contribution in [0.15, 0.2) is 36.5 Å². The van der Waals surface area contributed by atoms with Crippen LogP contribution in [-0.4, -0.2) is 36.1 Å². The maximum atomic E-state index is 12.5. The van der Waals surface area contributed by atoms with Gasteiger partial charge in [0.2, 0.25) is 0 Å². The number of carbonyl (C=O) groups is 2. The summed E-state index contributed by atoms with van der Waals surface area (Å²) in [6.07, 6.45) is 3.53. The topological polar surface area (TPSA) is 80.3 Å². The third-order valence-corrected chi connectivity index (χ3v) is 4.62. The second-order valence-corrected chi connectivity index (χ2v) is 6.48. The maximum Gasteiger partial charge on any atom is 0.274 e. The van der Waals surface area contributed by atoms with Gasteiger partial charge in [0.05, 0.1) is 6.10 Å². The molecule has 0 bridgehead atoms. The van der Waals surface area contributed by atoms with Gasteiger partial charge in [-0.15, -0.1) is 0 Å². The van der Waals surface area contributed by atoms with Crippen molar-refractivity contribution in [2.45, 2.75) is 32.8 Å². The lowest BCUT2D eigenvalue weighted by atomic mass is 10.1. The summed E-state index contributed by atoms with van der Waals surface area (Å²) in [5, 5.41) is 5.71. The fourth-order valence-corrected chi connectivity index (χ4v) is 2.88. The van der Waals surface area contributed by atoms with Gasteiger partial charge in [0.1, 0.15) is 5.69 Å². The number of aryl methyl sites for hydroxylation is 1. The third-order valence-electron chi connectivity index (χ3n) is 4.62. The number of anilines is 1. The number of nitrogens with zero attached hydrogens (tertiary/aromatic N) is 1. The Balaban J connectivity index is 1.66. The van der Waals surface area contributed by atoms with Crippen molar-refractivity contribution >= 4 is 17.5 Å². The van der Waals surface area contributed by atoms with E-state index in [1.165, 1.54) is 12.3 Å². The molecule has 0 radical (unpaired) electrons. The first kappa shape index (κ1) is 18.1. The molecule has 3 rings (SSSR count). The van der Waals surface area contributed by atoms with E-state index in [9.17, 15) is 9.59 Å². The van der Waals surface area contributed by atoms with Crippen molar-refractivity contribution in [3.63, 3.8) is 0 Å². The SMILES string of the molecule is Cc1cccc(NC(=O)c2cc(C(=O)NCC3CCCO3)ccn2)c1C. The fourth-order valence-electron chi connectivity index (χ4n) is 2.88. The minimum atomic E-state index is -0.340. The Labute approximate surface area is 153 Å². The number of hydrogen-bond acceptors (Lipinski definition) is 4. The molecule has 6 nitrogen and oxygen atoms in total. The number of benzene rings is 1. The number of nitrogens with one attached hydrogen (secondary N) is 2. The van der Waals surface area contributed by atoms with Crippen LogP contribution in [0, 0.1) is 13.8 Å². The van der Waals surface area contributed by atoms with Gasteiger partial charge in [0.15, 0.2) is 0 Å². The Bertz CT molecular complexity index is 814. The smallest absolute Gasteiger partial charge is 0.274 e. The van der Waals surface area contributed by atoms with E-state index in [1.54, 1.807) is 6.07 Å². The van der Waals surface area contributed by atoms with Gasteiger partial charge >= 0.3 is 0 Å². The first-order chi connectivity index (χ1) is 12.5. The van der Waals surface area contributed by atoms with Crippen LogP contribution in [0.25, 0.3) is 0 Å². The first-order valence-corrected chi connectivity index (χ1v) is 8.78. The Hall–Kier alpha value is -2.73. The standard InChI is InChI=1S/C20H23N3O3/c1-13-5-3-7-17(14(13)2)23-20(25)18-11-15(8-9-21-18)19(24)22-12-16-6-4-10-26-16/h3,5,7-9,11,16H,4,6,10,12H2,1-2H3,(H,22,24)(H,23,25). The summed E-state index contributed by atoms with van der Waals surface area (Å²) in [6.45, 7) is 5.17. The highest BCUT2D eigenvalue weighted by Crippen LogP contribution is 2.18. The molecule has 26 heavy (non-hydrogen) atoms. The molecule has 136 valence electrons. The van der Waals surface area contributed by atoms with Crippen LogP contribution in [0.1, 0.15) is 44.8 Å². The molecule has 1 aromatic heterocycles. The summed E-state index contributed by atoms with van der Waals surface area (Å²) in [7, 11) is 0. The minimum Gasteiger partial charge on any atom is -0.376 e. The molecule has 1 aromatic carbocycles. The second kappa shape index (κ2) is 8.10. The van der Waals surface area contributed by atoms with Crippen molar-refractivity contribution in [3.05, 3.63) is 58.9 Å². The summed E-state index contributed by atoms with van der Waals surface area (Å²) in [6, 6.07) is 8.83. The number of hydrogen-bond donors (Lipinski definition) is 2. The van der Waals surface area contributed by atoms with Gasteiger partial charge in [0, 0.05) is 30.6 Å². The van der Waals surface area contributed by atoms with E-state index in [0.717, 1.165) is 36.3 Å². The summed E-state index contributed by atoms with van der Waals surface area (Å²) in [5.41, 5.74) is 3.45. The maximum absolute atomic E-state index is 12.5. The molecule has 1 saturated heterocycles. The molecular formula is C20H23N3O3. The molecule has 1 fully saturated rings. The van der Waals surface area contributed by atoms with E-state index in [-0.39, 0.29) is 23.6 Å². The Morgan fingerprint density at radius 1 is 1.23 bits per heavy atom. The highest BCUT2D eigenvalue weighted by Gasteiger charge is 2.18. The van der Waals surface area contributed by atoms with Crippen molar-refractivity contribution in [2.75, 3.05) is 18.5 Å². The Morgan fingerprint density at radius 2 is 2.08 bits per heavy atom. The van der Waals surface area contributed by atoms with Gasteiger partial charge in [-0.2, -0.15) is 0 Å². The van der Waals surface area contributed by atoms with Gasteiger partial charge in [0.25, 0.3) is 11.8 Å². The van der Waals surface area contributed by atoms with Crippen LogP contribution in [0.5, 0.6) is 0 Å². The number of aromatic nitrogens is 1. The van der Waals surface area contributed by atoms with Crippen LogP contribution in [0.3, 0.4) is 0 Å². The molecule has 1 aliphatic heterocycles. The molecule has 6 heteroatoms. The summed E-state index contributed by atoms with van der Waals surface area (Å²) in [5.74, 6) is -0.573. The van der Waals surface area contributed by atoms with Crippen LogP contribution >= 0.6 is 0 Å². The van der Waals surface area contributed by atoms with Crippen LogP contribution in [-0.2, 0) is 4.74 Å². The first-order valence-electron chi connectivity index (χ1n) is 8.78. The van der Waals surface area contributed by atoms with E-state index in [0.29, 0.717) is 12.1 Å². The predicted molar refractivity (Wildman–Crippen MR) is 99.4 cm³/mol. The van der Waals surface area contributed by atoms with Gasteiger partial charge < -0.3 is 15.4 Å². The minimum absolute atomic E-state index is 0.0767. The lowest BCUT2D eigenvalue weighted by molar-refractivity contribution is 0.0857. The number of ether oxygens (including phenoxy) is 1.